The number of hydrogen-bond acceptors (Lipinski definition) is 1. The number of aromatic nitrogens is 2. The summed E-state index contributed by atoms with van der Waals surface area (Å²) in [5.41, 5.74) is 10.7. The molecule has 7 rings (SSSR count). The molecule has 0 N–H and O–H groups in total. The molecule has 0 saturated heterocycles. The van der Waals surface area contributed by atoms with Crippen molar-refractivity contribution in [2.45, 2.75) is 0 Å². The number of fused-ring (bicyclic) bond motifs is 3. The first kappa shape index (κ1) is 21.3. The normalized spacial score (nSPS) is 11.2. The number of nitrogens with zero attached hydrogens (tertiary/aromatic N) is 2. The Morgan fingerprint density at radius 3 is 1.54 bits per heavy atom. The summed E-state index contributed by atoms with van der Waals surface area (Å²) >= 11 is 0. The van der Waals surface area contributed by atoms with E-state index in [0.717, 1.165) is 11.2 Å². The van der Waals surface area contributed by atoms with Crippen molar-refractivity contribution in [1.82, 2.24) is 9.55 Å². The van der Waals surface area contributed by atoms with Crippen LogP contribution in [-0.4, -0.2) is 9.55 Å². The molecule has 174 valence electrons. The van der Waals surface area contributed by atoms with Gasteiger partial charge in [-0.15, -0.1) is 0 Å². The maximum absolute atomic E-state index is 4.42. The zero-order chi connectivity index (χ0) is 24.6. The second-order valence-corrected chi connectivity index (χ2v) is 9.32. The molecule has 2 nitrogen and oxygen atoms in total. The molecule has 0 fully saturated rings. The highest BCUT2D eigenvalue weighted by atomic mass is 15.0. The minimum atomic E-state index is 1.12. The molecule has 2 heterocycles. The second-order valence-electron chi connectivity index (χ2n) is 9.32. The van der Waals surface area contributed by atoms with Gasteiger partial charge in [-0.1, -0.05) is 91.0 Å². The molecule has 0 bridgehead atoms. The number of para-hydroxylation sites is 1. The van der Waals surface area contributed by atoms with Crippen LogP contribution < -0.4 is 0 Å². The standard InChI is InChI=1S/C35H24N2/c1-3-9-25(10-4-1)28-21-29(26-11-5-2-6-12-26)23-30(22-28)27-15-17-31(18-16-27)37-34-14-8-7-13-32(34)33-19-20-36-24-35(33)37/h1-24H. The molecule has 0 aliphatic rings. The van der Waals surface area contributed by atoms with Crippen molar-refractivity contribution in [3.63, 3.8) is 0 Å². The monoisotopic (exact) mass is 472 g/mol. The van der Waals surface area contributed by atoms with Gasteiger partial charge in [0, 0.05) is 22.7 Å². The Labute approximate surface area is 216 Å². The van der Waals surface area contributed by atoms with Gasteiger partial charge < -0.3 is 4.57 Å². The van der Waals surface area contributed by atoms with E-state index in [0.29, 0.717) is 0 Å². The number of rotatable bonds is 4. The molecule has 7 aromatic rings. The third-order valence-electron chi connectivity index (χ3n) is 7.08. The average Bonchev–Trinajstić information content (AvgIpc) is 3.32. The van der Waals surface area contributed by atoms with Gasteiger partial charge in [0.2, 0.25) is 0 Å². The lowest BCUT2D eigenvalue weighted by Crippen LogP contribution is -1.94. The highest BCUT2D eigenvalue weighted by molar-refractivity contribution is 6.08. The molecular formula is C35H24N2. The molecule has 0 aliphatic carbocycles. The topological polar surface area (TPSA) is 17.8 Å². The van der Waals surface area contributed by atoms with E-state index in [1.165, 1.54) is 49.7 Å². The van der Waals surface area contributed by atoms with Crippen molar-refractivity contribution >= 4 is 21.8 Å². The Hall–Kier alpha value is -4.95. The maximum atomic E-state index is 4.42. The van der Waals surface area contributed by atoms with Gasteiger partial charge in [-0.05, 0) is 75.8 Å². The number of pyridine rings is 1. The molecule has 0 amide bonds. The summed E-state index contributed by atoms with van der Waals surface area (Å²) in [6.07, 6.45) is 3.82. The summed E-state index contributed by atoms with van der Waals surface area (Å²) in [5.74, 6) is 0. The number of hydrogen-bond donors (Lipinski definition) is 0. The van der Waals surface area contributed by atoms with E-state index >= 15 is 0 Å². The van der Waals surface area contributed by atoms with Gasteiger partial charge in [0.1, 0.15) is 0 Å². The molecule has 0 aliphatic heterocycles. The first-order valence-electron chi connectivity index (χ1n) is 12.6. The molecule has 2 heteroatoms. The van der Waals surface area contributed by atoms with Crippen LogP contribution in [0.3, 0.4) is 0 Å². The van der Waals surface area contributed by atoms with Crippen molar-refractivity contribution in [3.05, 3.63) is 146 Å². The van der Waals surface area contributed by atoms with Gasteiger partial charge in [-0.2, -0.15) is 0 Å². The molecule has 0 radical (unpaired) electrons. The van der Waals surface area contributed by atoms with E-state index in [1.807, 2.05) is 12.4 Å². The van der Waals surface area contributed by atoms with Crippen LogP contribution >= 0.6 is 0 Å². The third kappa shape index (κ3) is 3.80. The van der Waals surface area contributed by atoms with Gasteiger partial charge in [-0.25, -0.2) is 0 Å². The van der Waals surface area contributed by atoms with Crippen LogP contribution in [-0.2, 0) is 0 Å². The Morgan fingerprint density at radius 1 is 0.405 bits per heavy atom. The lowest BCUT2D eigenvalue weighted by atomic mass is 9.93. The van der Waals surface area contributed by atoms with Gasteiger partial charge in [0.25, 0.3) is 0 Å². The fraction of sp³-hybridized carbons (Fsp3) is 0. The molecule has 0 spiro atoms. The van der Waals surface area contributed by atoms with Crippen LogP contribution in [0.25, 0.3) is 60.9 Å². The van der Waals surface area contributed by atoms with Crippen LogP contribution in [0.5, 0.6) is 0 Å². The first-order chi connectivity index (χ1) is 18.3. The van der Waals surface area contributed by atoms with Gasteiger partial charge in [0.05, 0.1) is 17.2 Å². The lowest BCUT2D eigenvalue weighted by Gasteiger charge is -2.13. The lowest BCUT2D eigenvalue weighted by molar-refractivity contribution is 1.17. The largest absolute Gasteiger partial charge is 0.308 e. The summed E-state index contributed by atoms with van der Waals surface area (Å²) in [5, 5.41) is 2.46. The maximum Gasteiger partial charge on any atom is 0.0724 e. The van der Waals surface area contributed by atoms with E-state index < -0.39 is 0 Å². The van der Waals surface area contributed by atoms with Crippen LogP contribution in [0.15, 0.2) is 146 Å². The van der Waals surface area contributed by atoms with Crippen molar-refractivity contribution in [2.75, 3.05) is 0 Å². The molecule has 0 unspecified atom stereocenters. The molecule has 2 aromatic heterocycles. The zero-order valence-corrected chi connectivity index (χ0v) is 20.3. The van der Waals surface area contributed by atoms with Gasteiger partial charge >= 0.3 is 0 Å². The van der Waals surface area contributed by atoms with Crippen LogP contribution in [0.2, 0.25) is 0 Å². The average molecular weight is 473 g/mol. The van der Waals surface area contributed by atoms with E-state index in [2.05, 4.69) is 143 Å². The Bertz CT molecular complexity index is 1740. The van der Waals surface area contributed by atoms with Crippen molar-refractivity contribution in [2.24, 2.45) is 0 Å². The number of benzene rings is 5. The van der Waals surface area contributed by atoms with Gasteiger partial charge in [0.15, 0.2) is 0 Å². The van der Waals surface area contributed by atoms with Crippen molar-refractivity contribution in [1.29, 1.82) is 0 Å². The Kier molecular flexibility index (Phi) is 5.15. The predicted octanol–water partition coefficient (Wildman–Crippen LogP) is 9.18. The highest BCUT2D eigenvalue weighted by Gasteiger charge is 2.12. The minimum absolute atomic E-state index is 1.12. The summed E-state index contributed by atoms with van der Waals surface area (Å²) in [7, 11) is 0. The van der Waals surface area contributed by atoms with Crippen LogP contribution in [0, 0.1) is 0 Å². The summed E-state index contributed by atoms with van der Waals surface area (Å²) in [6, 6.07) is 47.6. The zero-order valence-electron chi connectivity index (χ0n) is 20.3. The van der Waals surface area contributed by atoms with E-state index in [4.69, 9.17) is 0 Å². The van der Waals surface area contributed by atoms with Gasteiger partial charge in [-0.3, -0.25) is 4.98 Å². The molecule has 0 atom stereocenters. The first-order valence-corrected chi connectivity index (χ1v) is 12.6. The molecular weight excluding hydrogens is 448 g/mol. The van der Waals surface area contributed by atoms with Crippen LogP contribution in [0.4, 0.5) is 0 Å². The fourth-order valence-electron chi connectivity index (χ4n) is 5.29. The van der Waals surface area contributed by atoms with E-state index in [9.17, 15) is 0 Å². The third-order valence-corrected chi connectivity index (χ3v) is 7.08. The summed E-state index contributed by atoms with van der Waals surface area (Å²) in [4.78, 5) is 4.42. The summed E-state index contributed by atoms with van der Waals surface area (Å²) in [6.45, 7) is 0. The Balaban J connectivity index is 1.37. The van der Waals surface area contributed by atoms with Crippen molar-refractivity contribution in [3.8, 4) is 39.1 Å². The van der Waals surface area contributed by atoms with E-state index in [1.54, 1.807) is 0 Å². The highest BCUT2D eigenvalue weighted by Crippen LogP contribution is 2.35. The fourth-order valence-corrected chi connectivity index (χ4v) is 5.29. The SMILES string of the molecule is c1ccc(-c2cc(-c3ccccc3)cc(-c3ccc(-n4c5ccccc5c5ccncc54)cc3)c2)cc1. The van der Waals surface area contributed by atoms with Crippen molar-refractivity contribution < 1.29 is 0 Å². The Morgan fingerprint density at radius 2 is 0.919 bits per heavy atom. The second kappa shape index (κ2) is 8.92. The predicted molar refractivity (Wildman–Crippen MR) is 155 cm³/mol. The molecule has 5 aromatic carbocycles. The molecule has 0 saturated carbocycles. The van der Waals surface area contributed by atoms with E-state index in [-0.39, 0.29) is 0 Å². The minimum Gasteiger partial charge on any atom is -0.308 e. The quantitative estimate of drug-likeness (QED) is 0.250. The smallest absolute Gasteiger partial charge is 0.0724 e. The summed E-state index contributed by atoms with van der Waals surface area (Å²) < 4.78 is 2.30. The molecule has 37 heavy (non-hydrogen) atoms. The van der Waals surface area contributed by atoms with Crippen LogP contribution in [0.1, 0.15) is 0 Å².